The van der Waals surface area contributed by atoms with Gasteiger partial charge in [0.05, 0.1) is 22.3 Å². The van der Waals surface area contributed by atoms with E-state index in [1.807, 2.05) is 120 Å². The highest BCUT2D eigenvalue weighted by Crippen LogP contribution is 2.46. The number of nitrogens with one attached hydrogen (secondary N) is 5. The van der Waals surface area contributed by atoms with Crippen molar-refractivity contribution in [1.82, 2.24) is 31.5 Å². The molecule has 2 aliphatic rings. The lowest BCUT2D eigenvalue weighted by molar-refractivity contribution is -0.143. The van der Waals surface area contributed by atoms with Gasteiger partial charge in [0, 0.05) is 13.1 Å². The average Bonchev–Trinajstić information content (AvgIpc) is 3.35. The number of nitrogens with zero attached hydrogens (tertiary/aromatic N) is 1. The minimum absolute atomic E-state index is 0.0493. The maximum Gasteiger partial charge on any atom is 0.247 e. The fourth-order valence-electron chi connectivity index (χ4n) is 6.75. The van der Waals surface area contributed by atoms with Crippen molar-refractivity contribution in [3.8, 4) is 0 Å². The Balaban J connectivity index is 1.24. The molecular weight excluding hydrogens is 693 g/mol. The maximum atomic E-state index is 14.3. The number of carbonyl (C=O) groups excluding carboxylic acids is 4. The number of thiocarbonyl (C=S) groups is 1. The highest BCUT2D eigenvalue weighted by Gasteiger charge is 2.54. The van der Waals surface area contributed by atoms with Crippen LogP contribution in [0.4, 0.5) is 0 Å². The van der Waals surface area contributed by atoms with Crippen LogP contribution in [-0.4, -0.2) is 69.8 Å². The van der Waals surface area contributed by atoms with E-state index in [1.54, 1.807) is 16.7 Å². The third-order valence-electron chi connectivity index (χ3n) is 10.0. The lowest BCUT2D eigenvalue weighted by Crippen LogP contribution is -2.58. The number of carbonyl (C=O) groups is 4. The van der Waals surface area contributed by atoms with Crippen molar-refractivity contribution in [3.63, 3.8) is 0 Å². The first kappa shape index (κ1) is 39.0. The molecular formula is C40H50N6O4S2. The molecule has 0 aliphatic carbocycles. The summed E-state index contributed by atoms with van der Waals surface area (Å²) in [4.78, 5) is 57.2. The SMILES string of the molecule is CN[C@@H](C)C(=S)N[C@H]1CCSC2CC(C)(C)[C@@H](C(=O)N[C@@H](C(=O)NCc3ccc(CNC(=O)[C@@H](C)c4ccccc4)cc3)c3ccccc3)N2C1=O. The predicted molar refractivity (Wildman–Crippen MR) is 210 cm³/mol. The van der Waals surface area contributed by atoms with E-state index in [-0.39, 0.29) is 47.5 Å². The first-order chi connectivity index (χ1) is 24.9. The van der Waals surface area contributed by atoms with Gasteiger partial charge in [-0.15, -0.1) is 11.8 Å². The van der Waals surface area contributed by atoms with Crippen molar-refractivity contribution >= 4 is 52.6 Å². The summed E-state index contributed by atoms with van der Waals surface area (Å²) in [5.41, 5.74) is 2.88. The van der Waals surface area contributed by atoms with Crippen LogP contribution in [0.2, 0.25) is 0 Å². The molecule has 52 heavy (non-hydrogen) atoms. The lowest BCUT2D eigenvalue weighted by Gasteiger charge is -2.35. The van der Waals surface area contributed by atoms with Crippen molar-refractivity contribution in [2.24, 2.45) is 5.41 Å². The second-order valence-electron chi connectivity index (χ2n) is 14.3. The molecule has 3 aromatic rings. The van der Waals surface area contributed by atoms with E-state index in [0.717, 1.165) is 22.4 Å². The van der Waals surface area contributed by atoms with Gasteiger partial charge in [0.2, 0.25) is 23.6 Å². The molecule has 2 fully saturated rings. The zero-order valence-corrected chi connectivity index (χ0v) is 32.1. The lowest BCUT2D eigenvalue weighted by atomic mass is 9.83. The number of rotatable bonds is 13. The smallest absolute Gasteiger partial charge is 0.247 e. The molecule has 3 aromatic carbocycles. The molecule has 12 heteroatoms. The molecule has 4 amide bonds. The molecule has 0 radical (unpaired) electrons. The van der Waals surface area contributed by atoms with Crippen LogP contribution >= 0.6 is 24.0 Å². The fourth-order valence-corrected chi connectivity index (χ4v) is 8.59. The molecule has 10 nitrogen and oxygen atoms in total. The Labute approximate surface area is 316 Å². The number of fused-ring (bicyclic) bond motifs is 1. The van der Waals surface area contributed by atoms with Crippen molar-refractivity contribution in [3.05, 3.63) is 107 Å². The molecule has 1 unspecified atom stereocenters. The summed E-state index contributed by atoms with van der Waals surface area (Å²) in [6.45, 7) is 8.46. The van der Waals surface area contributed by atoms with Gasteiger partial charge >= 0.3 is 0 Å². The third kappa shape index (κ3) is 9.39. The Morgan fingerprint density at radius 2 is 1.42 bits per heavy atom. The molecule has 0 saturated carbocycles. The molecule has 0 spiro atoms. The summed E-state index contributed by atoms with van der Waals surface area (Å²) in [5, 5.41) is 15.2. The summed E-state index contributed by atoms with van der Waals surface area (Å²) >= 11 is 7.25. The van der Waals surface area contributed by atoms with Crippen LogP contribution in [0.1, 0.15) is 74.8 Å². The Morgan fingerprint density at radius 1 is 0.865 bits per heavy atom. The van der Waals surface area contributed by atoms with Crippen molar-refractivity contribution < 1.29 is 19.2 Å². The third-order valence-corrected chi connectivity index (χ3v) is 11.7. The predicted octanol–water partition coefficient (Wildman–Crippen LogP) is 4.56. The van der Waals surface area contributed by atoms with Gasteiger partial charge in [-0.2, -0.15) is 0 Å². The Bertz CT molecular complexity index is 1720. The summed E-state index contributed by atoms with van der Waals surface area (Å²) in [6.07, 6.45) is 1.25. The van der Waals surface area contributed by atoms with Crippen LogP contribution in [0.5, 0.6) is 0 Å². The summed E-state index contributed by atoms with van der Waals surface area (Å²) in [5.74, 6) is -0.439. The number of benzene rings is 3. The molecule has 5 N–H and O–H groups in total. The second-order valence-corrected chi connectivity index (χ2v) is 16.0. The minimum atomic E-state index is -0.975. The van der Waals surface area contributed by atoms with E-state index in [0.29, 0.717) is 29.9 Å². The quantitative estimate of drug-likeness (QED) is 0.161. The minimum Gasteiger partial charge on any atom is -0.367 e. The van der Waals surface area contributed by atoms with Gasteiger partial charge in [-0.05, 0) is 67.2 Å². The number of amides is 4. The fraction of sp³-hybridized carbons (Fsp3) is 0.425. The van der Waals surface area contributed by atoms with Gasteiger partial charge in [0.25, 0.3) is 0 Å². The summed E-state index contributed by atoms with van der Waals surface area (Å²) in [6, 6.07) is 24.1. The molecule has 5 rings (SSSR count). The standard InChI is InChI=1S/C40H50N6O4S2/c1-25(29-12-8-6-9-13-29)35(47)42-23-27-16-18-28(19-17-27)24-43-36(48)33(30-14-10-7-11-15-30)45-37(49)34-40(3,4)22-32-46(34)39(50)31(20-21-52-32)44-38(51)26(2)41-5/h6-19,25-26,31-34,41H,20-24H2,1-5H3,(H,42,47)(H,43,48)(H,44,51)(H,45,49)/t25-,26-,31-,32?,33+,34+/m0/s1. The normalized spacial score (nSPS) is 21.1. The van der Waals surface area contributed by atoms with Crippen LogP contribution in [0.25, 0.3) is 0 Å². The molecule has 0 aromatic heterocycles. The van der Waals surface area contributed by atoms with Gasteiger partial charge < -0.3 is 31.5 Å². The van der Waals surface area contributed by atoms with Crippen molar-refractivity contribution in [2.75, 3.05) is 12.8 Å². The second kappa shape index (κ2) is 17.5. The monoisotopic (exact) mass is 742 g/mol. The zero-order chi connectivity index (χ0) is 37.4. The number of hydrogen-bond acceptors (Lipinski definition) is 7. The molecule has 276 valence electrons. The topological polar surface area (TPSA) is 132 Å². The van der Waals surface area contributed by atoms with Gasteiger partial charge in [0.15, 0.2) is 0 Å². The van der Waals surface area contributed by atoms with Crippen LogP contribution in [-0.2, 0) is 32.3 Å². The van der Waals surface area contributed by atoms with E-state index in [1.165, 1.54) is 0 Å². The molecule has 6 atom stereocenters. The first-order valence-electron chi connectivity index (χ1n) is 17.8. The van der Waals surface area contributed by atoms with Gasteiger partial charge in [-0.25, -0.2) is 0 Å². The van der Waals surface area contributed by atoms with Crippen LogP contribution in [0, 0.1) is 5.41 Å². The number of thioether (sulfide) groups is 1. The van der Waals surface area contributed by atoms with Gasteiger partial charge in [-0.1, -0.05) is 111 Å². The first-order valence-corrected chi connectivity index (χ1v) is 19.3. The summed E-state index contributed by atoms with van der Waals surface area (Å²) < 4.78 is 0. The van der Waals surface area contributed by atoms with Crippen LogP contribution in [0.15, 0.2) is 84.9 Å². The Kier molecular flexibility index (Phi) is 13.1. The Hall–Kier alpha value is -4.26. The molecule has 2 aliphatic heterocycles. The highest BCUT2D eigenvalue weighted by molar-refractivity contribution is 7.99. The molecule has 2 saturated heterocycles. The van der Waals surface area contributed by atoms with Crippen molar-refractivity contribution in [1.29, 1.82) is 0 Å². The maximum absolute atomic E-state index is 14.3. The molecule has 2 heterocycles. The zero-order valence-electron chi connectivity index (χ0n) is 30.5. The Morgan fingerprint density at radius 3 is 2.00 bits per heavy atom. The van der Waals surface area contributed by atoms with E-state index in [2.05, 4.69) is 26.6 Å². The number of likely N-dealkylation sites (N-methyl/N-ethyl adjacent to an activating group) is 1. The highest BCUT2D eigenvalue weighted by atomic mass is 32.2. The summed E-state index contributed by atoms with van der Waals surface area (Å²) in [7, 11) is 1.82. The van der Waals surface area contributed by atoms with E-state index >= 15 is 0 Å². The van der Waals surface area contributed by atoms with E-state index in [4.69, 9.17) is 12.2 Å². The van der Waals surface area contributed by atoms with Crippen LogP contribution in [0.3, 0.4) is 0 Å². The van der Waals surface area contributed by atoms with E-state index in [9.17, 15) is 19.2 Å². The van der Waals surface area contributed by atoms with E-state index < -0.39 is 23.5 Å². The largest absolute Gasteiger partial charge is 0.367 e. The van der Waals surface area contributed by atoms with Crippen molar-refractivity contribution in [2.45, 2.75) is 89.1 Å². The molecule has 0 bridgehead atoms. The van der Waals surface area contributed by atoms with Crippen LogP contribution < -0.4 is 26.6 Å². The number of hydrogen-bond donors (Lipinski definition) is 5. The van der Waals surface area contributed by atoms with Gasteiger partial charge in [-0.3, -0.25) is 19.2 Å². The van der Waals surface area contributed by atoms with Gasteiger partial charge in [0.1, 0.15) is 18.1 Å². The average molecular weight is 743 g/mol.